The third kappa shape index (κ3) is 2.67. The van der Waals surface area contributed by atoms with Crippen molar-refractivity contribution in [2.45, 2.75) is 5.41 Å². The number of likely N-dealkylation sites (N-methyl/N-ethyl adjacent to an activating group) is 1. The lowest BCUT2D eigenvalue weighted by Gasteiger charge is -2.34. The van der Waals surface area contributed by atoms with Crippen molar-refractivity contribution in [3.63, 3.8) is 0 Å². The zero-order valence-electron chi connectivity index (χ0n) is 18.7. The summed E-state index contributed by atoms with van der Waals surface area (Å²) in [5.41, 5.74) is 5.32. The van der Waals surface area contributed by atoms with Gasteiger partial charge in [0, 0.05) is 40.5 Å². The summed E-state index contributed by atoms with van der Waals surface area (Å²) in [5, 5.41) is 21.6. The first-order chi connectivity index (χ1) is 17.3. The van der Waals surface area contributed by atoms with E-state index in [1.165, 1.54) is 17.0 Å². The Morgan fingerprint density at radius 3 is 2.58 bits per heavy atom. The number of carbonyl (C=O) groups excluding carboxylic acids is 1. The molecule has 1 aromatic heterocycles. The number of halogens is 1. The van der Waals surface area contributed by atoms with Gasteiger partial charge in [0.2, 0.25) is 11.8 Å². The standard InChI is InChI=1S/C27H16BrN3O5/c1-31-17-8-7-14(28)9-15(17)27(26(31)34)16(12-29)25(30)36-21-11-20-22(24(33)23(21)27)18(32)10-19(35-20)13-5-3-2-4-6-13/h2-11,33H,30H2,1H3. The van der Waals surface area contributed by atoms with Crippen LogP contribution in [0.2, 0.25) is 0 Å². The number of hydrogen-bond acceptors (Lipinski definition) is 7. The molecule has 1 atom stereocenters. The van der Waals surface area contributed by atoms with Gasteiger partial charge in [0.15, 0.2) is 5.43 Å². The van der Waals surface area contributed by atoms with Crippen LogP contribution in [-0.2, 0) is 10.2 Å². The molecule has 0 saturated heterocycles. The van der Waals surface area contributed by atoms with Crippen molar-refractivity contribution in [1.29, 1.82) is 5.26 Å². The van der Waals surface area contributed by atoms with E-state index in [4.69, 9.17) is 14.9 Å². The molecule has 0 fully saturated rings. The zero-order chi connectivity index (χ0) is 25.4. The maximum atomic E-state index is 13.9. The number of nitrogens with two attached hydrogens (primary N) is 1. The van der Waals surface area contributed by atoms with E-state index in [0.717, 1.165) is 0 Å². The third-order valence-electron chi connectivity index (χ3n) is 6.69. The Kier molecular flexibility index (Phi) is 4.56. The van der Waals surface area contributed by atoms with Crippen molar-refractivity contribution < 1.29 is 19.1 Å². The molecule has 0 saturated carbocycles. The highest BCUT2D eigenvalue weighted by Crippen LogP contribution is 2.58. The van der Waals surface area contributed by atoms with Gasteiger partial charge in [-0.25, -0.2) is 0 Å². The van der Waals surface area contributed by atoms with Crippen molar-refractivity contribution in [1.82, 2.24) is 0 Å². The van der Waals surface area contributed by atoms with Crippen LogP contribution in [0.4, 0.5) is 5.69 Å². The smallest absolute Gasteiger partial charge is 0.247 e. The molecule has 9 heteroatoms. The number of carbonyl (C=O) groups is 1. The van der Waals surface area contributed by atoms with Crippen LogP contribution in [0.15, 0.2) is 85.8 Å². The molecular weight excluding hydrogens is 526 g/mol. The first kappa shape index (κ1) is 21.9. The van der Waals surface area contributed by atoms with Crippen LogP contribution < -0.4 is 20.8 Å². The highest BCUT2D eigenvalue weighted by atomic mass is 79.9. The van der Waals surface area contributed by atoms with Crippen LogP contribution in [0.5, 0.6) is 11.5 Å². The SMILES string of the molecule is CN1C(=O)C2(C(C#N)=C(N)Oc3cc4oc(-c5ccccc5)cc(=O)c4c(O)c32)c2cc(Br)ccc21. The molecule has 8 nitrogen and oxygen atoms in total. The van der Waals surface area contributed by atoms with E-state index in [1.54, 1.807) is 37.4 Å². The molecule has 3 aromatic carbocycles. The van der Waals surface area contributed by atoms with Gasteiger partial charge in [0.25, 0.3) is 0 Å². The summed E-state index contributed by atoms with van der Waals surface area (Å²) >= 11 is 3.43. The lowest BCUT2D eigenvalue weighted by atomic mass is 9.68. The highest BCUT2D eigenvalue weighted by molar-refractivity contribution is 9.10. The summed E-state index contributed by atoms with van der Waals surface area (Å²) in [6, 6.07) is 18.9. The fourth-order valence-corrected chi connectivity index (χ4v) is 5.51. The number of anilines is 1. The van der Waals surface area contributed by atoms with E-state index in [2.05, 4.69) is 15.9 Å². The summed E-state index contributed by atoms with van der Waals surface area (Å²) in [6.45, 7) is 0. The molecule has 0 aliphatic carbocycles. The maximum Gasteiger partial charge on any atom is 0.247 e. The quantitative estimate of drug-likeness (QED) is 0.367. The van der Waals surface area contributed by atoms with Crippen LogP contribution in [0, 0.1) is 11.3 Å². The Labute approximate surface area is 212 Å². The minimum atomic E-state index is -1.82. The van der Waals surface area contributed by atoms with Gasteiger partial charge in [-0.05, 0) is 18.2 Å². The molecular formula is C27H16BrN3O5. The summed E-state index contributed by atoms with van der Waals surface area (Å²) in [6.07, 6.45) is 0. The average Bonchev–Trinajstić information content (AvgIpc) is 3.06. The number of fused-ring (bicyclic) bond motifs is 5. The first-order valence-electron chi connectivity index (χ1n) is 10.8. The predicted octanol–water partition coefficient (Wildman–Crippen LogP) is 4.28. The molecule has 0 radical (unpaired) electrons. The minimum Gasteiger partial charge on any atom is -0.507 e. The van der Waals surface area contributed by atoms with E-state index < -0.39 is 22.5 Å². The summed E-state index contributed by atoms with van der Waals surface area (Å²) in [7, 11) is 1.57. The van der Waals surface area contributed by atoms with Gasteiger partial charge < -0.3 is 24.9 Å². The van der Waals surface area contributed by atoms with Crippen molar-refractivity contribution >= 4 is 38.5 Å². The largest absolute Gasteiger partial charge is 0.507 e. The molecule has 0 bridgehead atoms. The van der Waals surface area contributed by atoms with E-state index in [0.29, 0.717) is 27.0 Å². The number of nitriles is 1. The summed E-state index contributed by atoms with van der Waals surface area (Å²) in [4.78, 5) is 28.6. The molecule has 1 unspecified atom stereocenters. The van der Waals surface area contributed by atoms with E-state index in [9.17, 15) is 20.0 Å². The topological polar surface area (TPSA) is 130 Å². The molecule has 3 N–H and O–H groups in total. The molecule has 36 heavy (non-hydrogen) atoms. The van der Waals surface area contributed by atoms with Gasteiger partial charge in [-0.15, -0.1) is 0 Å². The van der Waals surface area contributed by atoms with Crippen LogP contribution in [0.3, 0.4) is 0 Å². The van der Waals surface area contributed by atoms with E-state index in [1.807, 2.05) is 24.3 Å². The average molecular weight is 542 g/mol. The number of rotatable bonds is 1. The fourth-order valence-electron chi connectivity index (χ4n) is 5.15. The molecule has 1 amide bonds. The summed E-state index contributed by atoms with van der Waals surface area (Å²) < 4.78 is 12.4. The Bertz CT molecular complexity index is 1770. The second-order valence-corrected chi connectivity index (χ2v) is 9.46. The molecule has 6 rings (SSSR count). The zero-order valence-corrected chi connectivity index (χ0v) is 20.3. The normalized spacial score (nSPS) is 18.2. The maximum absolute atomic E-state index is 13.9. The number of nitrogens with zero attached hydrogens (tertiary/aromatic N) is 2. The van der Waals surface area contributed by atoms with Gasteiger partial charge >= 0.3 is 0 Å². The number of amides is 1. The second-order valence-electron chi connectivity index (χ2n) is 8.54. The minimum absolute atomic E-state index is 0.0134. The number of phenolic OH excluding ortho intramolecular Hbond substituents is 1. The van der Waals surface area contributed by atoms with Gasteiger partial charge in [0.1, 0.15) is 45.3 Å². The lowest BCUT2D eigenvalue weighted by molar-refractivity contribution is -0.120. The molecule has 2 aliphatic rings. The van der Waals surface area contributed by atoms with Crippen molar-refractivity contribution in [2.75, 3.05) is 11.9 Å². The van der Waals surface area contributed by atoms with Gasteiger partial charge in [-0.2, -0.15) is 5.26 Å². The van der Waals surface area contributed by atoms with Crippen LogP contribution in [-0.4, -0.2) is 18.1 Å². The van der Waals surface area contributed by atoms with Crippen LogP contribution in [0.1, 0.15) is 11.1 Å². The number of ether oxygens (including phenoxy) is 1. The fraction of sp³-hybridized carbons (Fsp3) is 0.0741. The first-order valence-corrected chi connectivity index (χ1v) is 11.6. The van der Waals surface area contributed by atoms with E-state index in [-0.39, 0.29) is 33.7 Å². The van der Waals surface area contributed by atoms with Crippen LogP contribution >= 0.6 is 15.9 Å². The number of hydrogen-bond donors (Lipinski definition) is 2. The molecule has 176 valence electrons. The van der Waals surface area contributed by atoms with Crippen molar-refractivity contribution in [2.24, 2.45) is 5.73 Å². The molecule has 1 spiro atoms. The van der Waals surface area contributed by atoms with Gasteiger partial charge in [-0.3, -0.25) is 9.59 Å². The Hall–Kier alpha value is -4.55. The van der Waals surface area contributed by atoms with Gasteiger partial charge in [0.05, 0.1) is 5.56 Å². The highest BCUT2D eigenvalue weighted by Gasteiger charge is 2.60. The second kappa shape index (κ2) is 7.47. The Morgan fingerprint density at radius 2 is 1.86 bits per heavy atom. The summed E-state index contributed by atoms with van der Waals surface area (Å²) in [5.74, 6) is -0.991. The Balaban J connectivity index is 1.74. The number of benzene rings is 3. The third-order valence-corrected chi connectivity index (χ3v) is 7.19. The van der Waals surface area contributed by atoms with Crippen molar-refractivity contribution in [3.05, 3.63) is 97.9 Å². The monoisotopic (exact) mass is 541 g/mol. The van der Waals surface area contributed by atoms with E-state index >= 15 is 0 Å². The molecule has 3 heterocycles. The molecule has 2 aliphatic heterocycles. The predicted molar refractivity (Wildman–Crippen MR) is 135 cm³/mol. The Morgan fingerprint density at radius 1 is 1.11 bits per heavy atom. The van der Waals surface area contributed by atoms with Crippen molar-refractivity contribution in [3.8, 4) is 28.9 Å². The molecule has 4 aromatic rings. The lowest BCUT2D eigenvalue weighted by Crippen LogP contribution is -2.45. The number of phenols is 1. The van der Waals surface area contributed by atoms with Gasteiger partial charge in [-0.1, -0.05) is 46.3 Å². The number of aromatic hydroxyl groups is 1. The van der Waals surface area contributed by atoms with Crippen LogP contribution in [0.25, 0.3) is 22.3 Å².